The van der Waals surface area contributed by atoms with Gasteiger partial charge in [0.15, 0.2) is 0 Å². The van der Waals surface area contributed by atoms with Gasteiger partial charge in [-0.2, -0.15) is 0 Å². The Balaban J connectivity index is 2.30. The molecule has 0 aliphatic carbocycles. The average Bonchev–Trinajstić information content (AvgIpc) is 2.86. The summed E-state index contributed by atoms with van der Waals surface area (Å²) in [5, 5.41) is 9.67. The number of ether oxygens (including phenoxy) is 1. The minimum absolute atomic E-state index is 0.0762. The van der Waals surface area contributed by atoms with Gasteiger partial charge in [0.1, 0.15) is 5.75 Å². The van der Waals surface area contributed by atoms with E-state index in [0.29, 0.717) is 18.9 Å². The van der Waals surface area contributed by atoms with Crippen LogP contribution in [0.3, 0.4) is 0 Å². The normalized spacial score (nSPS) is 13.0. The fourth-order valence-electron chi connectivity index (χ4n) is 4.91. The molecule has 0 bridgehead atoms. The number of hydrogen-bond acceptors (Lipinski definition) is 3. The number of phenols is 1. The Morgan fingerprint density at radius 3 is 1.74 bits per heavy atom. The summed E-state index contributed by atoms with van der Waals surface area (Å²) in [4.78, 5) is 12.7. The molecule has 0 spiro atoms. The van der Waals surface area contributed by atoms with Crippen molar-refractivity contribution in [2.75, 3.05) is 6.61 Å². The van der Waals surface area contributed by atoms with Gasteiger partial charge in [-0.05, 0) is 42.4 Å². The zero-order chi connectivity index (χ0) is 25.6. The molecule has 3 heteroatoms. The quantitative estimate of drug-likeness (QED) is 0.123. The monoisotopic (exact) mass is 488 g/mol. The van der Waals surface area contributed by atoms with Gasteiger partial charge in [-0.3, -0.25) is 4.79 Å². The number of benzene rings is 1. The molecule has 0 saturated heterocycles. The van der Waals surface area contributed by atoms with E-state index in [2.05, 4.69) is 20.8 Å². The lowest BCUT2D eigenvalue weighted by Crippen LogP contribution is -2.16. The zero-order valence-corrected chi connectivity index (χ0v) is 23.4. The molecule has 2 unspecified atom stereocenters. The number of aromatic hydroxyl groups is 1. The van der Waals surface area contributed by atoms with Gasteiger partial charge in [0, 0.05) is 0 Å². The van der Waals surface area contributed by atoms with Gasteiger partial charge in [0.25, 0.3) is 0 Å². The smallest absolute Gasteiger partial charge is 0.306 e. The number of carbonyl (C=O) groups excluding carboxylic acids is 1. The number of carbonyl (C=O) groups is 1. The van der Waals surface area contributed by atoms with E-state index in [1.165, 1.54) is 89.9 Å². The van der Waals surface area contributed by atoms with Crippen molar-refractivity contribution in [1.29, 1.82) is 0 Å². The first-order valence-corrected chi connectivity index (χ1v) is 15.0. The second kappa shape index (κ2) is 21.7. The lowest BCUT2D eigenvalue weighted by molar-refractivity contribution is -0.145. The maximum absolute atomic E-state index is 12.7. The molecule has 0 amide bonds. The lowest BCUT2D eigenvalue weighted by Gasteiger charge is -2.19. The first kappa shape index (κ1) is 31.5. The van der Waals surface area contributed by atoms with Crippen LogP contribution in [-0.4, -0.2) is 17.7 Å². The predicted molar refractivity (Wildman–Crippen MR) is 150 cm³/mol. The highest BCUT2D eigenvalue weighted by molar-refractivity contribution is 5.70. The van der Waals surface area contributed by atoms with Crippen molar-refractivity contribution in [1.82, 2.24) is 0 Å². The third-order valence-electron chi connectivity index (χ3n) is 7.46. The molecule has 0 aliphatic heterocycles. The molecule has 0 aromatic heterocycles. The van der Waals surface area contributed by atoms with Crippen molar-refractivity contribution in [3.63, 3.8) is 0 Å². The first-order chi connectivity index (χ1) is 17.1. The second-order valence-corrected chi connectivity index (χ2v) is 10.6. The molecule has 1 aromatic rings. The van der Waals surface area contributed by atoms with Gasteiger partial charge in [0.2, 0.25) is 0 Å². The number of esters is 1. The van der Waals surface area contributed by atoms with E-state index in [1.54, 1.807) is 12.1 Å². The fraction of sp³-hybridized carbons (Fsp3) is 0.781. The summed E-state index contributed by atoms with van der Waals surface area (Å²) in [5.74, 6) is 0.851. The Morgan fingerprint density at radius 1 is 0.714 bits per heavy atom. The predicted octanol–water partition coefficient (Wildman–Crippen LogP) is 10.1. The van der Waals surface area contributed by atoms with Crippen LogP contribution in [0.25, 0.3) is 0 Å². The van der Waals surface area contributed by atoms with E-state index in [1.807, 2.05) is 12.1 Å². The van der Waals surface area contributed by atoms with Crippen molar-refractivity contribution in [2.45, 2.75) is 149 Å². The fourth-order valence-corrected chi connectivity index (χ4v) is 4.91. The van der Waals surface area contributed by atoms with Crippen LogP contribution < -0.4 is 0 Å². The standard InChI is InChI=1S/C32H56O3/c1-4-7-9-10-11-12-13-14-15-16-17-18-19-21-30(29-22-24-31(33)25-23-29)26-32(34)35-27-28(6-3)20-8-5-2/h22-25,28,30,33H,4-21,26-27H2,1-3H3. The summed E-state index contributed by atoms with van der Waals surface area (Å²) in [6, 6.07) is 7.39. The molecular formula is C32H56O3. The van der Waals surface area contributed by atoms with Crippen LogP contribution >= 0.6 is 0 Å². The molecule has 0 radical (unpaired) electrons. The molecule has 1 rings (SSSR count). The summed E-state index contributed by atoms with van der Waals surface area (Å²) in [5.41, 5.74) is 1.14. The second-order valence-electron chi connectivity index (χ2n) is 10.6. The largest absolute Gasteiger partial charge is 0.508 e. The summed E-state index contributed by atoms with van der Waals surface area (Å²) < 4.78 is 5.70. The number of rotatable bonds is 23. The molecule has 3 nitrogen and oxygen atoms in total. The highest BCUT2D eigenvalue weighted by Gasteiger charge is 2.18. The maximum atomic E-state index is 12.7. The minimum Gasteiger partial charge on any atom is -0.508 e. The Morgan fingerprint density at radius 2 is 1.23 bits per heavy atom. The van der Waals surface area contributed by atoms with Gasteiger partial charge in [-0.1, -0.05) is 136 Å². The molecule has 0 fully saturated rings. The average molecular weight is 489 g/mol. The third-order valence-corrected chi connectivity index (χ3v) is 7.46. The van der Waals surface area contributed by atoms with Gasteiger partial charge >= 0.3 is 5.97 Å². The third kappa shape index (κ3) is 16.7. The Hall–Kier alpha value is -1.51. The lowest BCUT2D eigenvalue weighted by atomic mass is 9.90. The Bertz CT molecular complexity index is 610. The van der Waals surface area contributed by atoms with Gasteiger partial charge in [-0.25, -0.2) is 0 Å². The molecular weight excluding hydrogens is 432 g/mol. The topological polar surface area (TPSA) is 46.5 Å². The Labute approximate surface area is 217 Å². The van der Waals surface area contributed by atoms with Gasteiger partial charge < -0.3 is 9.84 Å². The van der Waals surface area contributed by atoms with Crippen LogP contribution in [0.15, 0.2) is 24.3 Å². The van der Waals surface area contributed by atoms with Crippen molar-refractivity contribution in [2.24, 2.45) is 5.92 Å². The zero-order valence-electron chi connectivity index (χ0n) is 23.4. The molecule has 0 saturated carbocycles. The van der Waals surface area contributed by atoms with E-state index < -0.39 is 0 Å². The van der Waals surface area contributed by atoms with Crippen molar-refractivity contribution in [3.05, 3.63) is 29.8 Å². The highest BCUT2D eigenvalue weighted by Crippen LogP contribution is 2.28. The van der Waals surface area contributed by atoms with Crippen LogP contribution in [-0.2, 0) is 9.53 Å². The summed E-state index contributed by atoms with van der Waals surface area (Å²) in [6.07, 6.45) is 23.6. The highest BCUT2D eigenvalue weighted by atomic mass is 16.5. The van der Waals surface area contributed by atoms with Crippen LogP contribution in [0.2, 0.25) is 0 Å². The van der Waals surface area contributed by atoms with E-state index in [4.69, 9.17) is 4.74 Å². The van der Waals surface area contributed by atoms with Crippen LogP contribution in [0.5, 0.6) is 5.75 Å². The molecule has 0 aliphatic rings. The summed E-state index contributed by atoms with van der Waals surface area (Å²) >= 11 is 0. The van der Waals surface area contributed by atoms with E-state index in [0.717, 1.165) is 31.2 Å². The molecule has 0 heterocycles. The van der Waals surface area contributed by atoms with Crippen molar-refractivity contribution < 1.29 is 14.6 Å². The number of hydrogen-bond donors (Lipinski definition) is 1. The van der Waals surface area contributed by atoms with Crippen molar-refractivity contribution in [3.8, 4) is 5.75 Å². The van der Waals surface area contributed by atoms with Crippen LogP contribution in [0.4, 0.5) is 0 Å². The molecule has 202 valence electrons. The minimum atomic E-state index is -0.0762. The molecule has 1 aromatic carbocycles. The molecule has 2 atom stereocenters. The van der Waals surface area contributed by atoms with E-state index in [-0.39, 0.29) is 17.6 Å². The van der Waals surface area contributed by atoms with Crippen LogP contribution in [0, 0.1) is 5.92 Å². The van der Waals surface area contributed by atoms with E-state index >= 15 is 0 Å². The van der Waals surface area contributed by atoms with Gasteiger partial charge in [-0.15, -0.1) is 0 Å². The molecule has 1 N–H and O–H groups in total. The van der Waals surface area contributed by atoms with Crippen LogP contribution in [0.1, 0.15) is 154 Å². The van der Waals surface area contributed by atoms with Crippen molar-refractivity contribution >= 4 is 5.97 Å². The van der Waals surface area contributed by atoms with Gasteiger partial charge in [0.05, 0.1) is 13.0 Å². The number of unbranched alkanes of at least 4 members (excludes halogenated alkanes) is 13. The van der Waals surface area contributed by atoms with E-state index in [9.17, 15) is 9.90 Å². The maximum Gasteiger partial charge on any atom is 0.306 e. The summed E-state index contributed by atoms with van der Waals surface area (Å²) in [7, 11) is 0. The molecule has 35 heavy (non-hydrogen) atoms. The Kier molecular flexibility index (Phi) is 19.6. The summed E-state index contributed by atoms with van der Waals surface area (Å²) in [6.45, 7) is 7.22. The first-order valence-electron chi connectivity index (χ1n) is 15.0. The SMILES string of the molecule is CCCCCCCCCCCCCCCC(CC(=O)OCC(CC)CCCC)c1ccc(O)cc1. The number of phenolic OH excluding ortho intramolecular Hbond substituents is 1.